The molecule has 80 valence electrons. The lowest BCUT2D eigenvalue weighted by Crippen LogP contribution is -1.98. The van der Waals surface area contributed by atoms with Crippen LogP contribution >= 0.6 is 0 Å². The second-order valence-electron chi connectivity index (χ2n) is 3.84. The summed E-state index contributed by atoms with van der Waals surface area (Å²) < 4.78 is 2.17. The highest BCUT2D eigenvalue weighted by molar-refractivity contribution is 5.59. The van der Waals surface area contributed by atoms with Crippen molar-refractivity contribution in [2.24, 2.45) is 5.73 Å². The van der Waals surface area contributed by atoms with Crippen LogP contribution in [0.15, 0.2) is 18.3 Å². The predicted molar refractivity (Wildman–Crippen MR) is 61.8 cm³/mol. The molecule has 0 atom stereocenters. The lowest BCUT2D eigenvalue weighted by atomic mass is 10.2. The molecule has 0 saturated heterocycles. The van der Waals surface area contributed by atoms with Crippen LogP contribution in [0.5, 0.6) is 0 Å². The van der Waals surface area contributed by atoms with Gasteiger partial charge in [-0.3, -0.25) is 0 Å². The molecule has 2 aromatic rings. The van der Waals surface area contributed by atoms with Crippen LogP contribution in [0.25, 0.3) is 5.52 Å². The Morgan fingerprint density at radius 2 is 2.27 bits per heavy atom. The summed E-state index contributed by atoms with van der Waals surface area (Å²) in [7, 11) is 0. The van der Waals surface area contributed by atoms with Crippen LogP contribution in [0.3, 0.4) is 0 Å². The first-order chi connectivity index (χ1) is 7.27. The molecule has 0 fully saturated rings. The van der Waals surface area contributed by atoms with Gasteiger partial charge in [-0.15, -0.1) is 0 Å². The summed E-state index contributed by atoms with van der Waals surface area (Å²) in [5, 5.41) is 0. The van der Waals surface area contributed by atoms with Crippen molar-refractivity contribution in [3.63, 3.8) is 0 Å². The van der Waals surface area contributed by atoms with Gasteiger partial charge in [-0.05, 0) is 25.0 Å². The van der Waals surface area contributed by atoms with E-state index in [1.165, 1.54) is 11.1 Å². The molecule has 2 heterocycles. The fourth-order valence-electron chi connectivity index (χ4n) is 2.00. The lowest BCUT2D eigenvalue weighted by molar-refractivity contribution is 0.823. The Balaban J connectivity index is 2.69. The Hall–Kier alpha value is -1.35. The van der Waals surface area contributed by atoms with Gasteiger partial charge in [-0.1, -0.05) is 13.0 Å². The fraction of sp³-hybridized carbons (Fsp3) is 0.417. The van der Waals surface area contributed by atoms with Crippen molar-refractivity contribution in [1.29, 1.82) is 0 Å². The quantitative estimate of drug-likeness (QED) is 0.829. The molecule has 0 spiro atoms. The van der Waals surface area contributed by atoms with Gasteiger partial charge in [0.1, 0.15) is 5.82 Å². The smallest absolute Gasteiger partial charge is 0.113 e. The number of aryl methyl sites for hydroxylation is 2. The van der Waals surface area contributed by atoms with E-state index in [-0.39, 0.29) is 0 Å². The molecule has 0 aliphatic heterocycles. The normalized spacial score (nSPS) is 11.1. The van der Waals surface area contributed by atoms with Gasteiger partial charge >= 0.3 is 0 Å². The molecule has 0 aromatic carbocycles. The van der Waals surface area contributed by atoms with Crippen molar-refractivity contribution in [2.75, 3.05) is 0 Å². The minimum absolute atomic E-state index is 0.512. The topological polar surface area (TPSA) is 43.3 Å². The fourth-order valence-corrected chi connectivity index (χ4v) is 2.00. The summed E-state index contributed by atoms with van der Waals surface area (Å²) in [5.41, 5.74) is 9.16. The highest BCUT2D eigenvalue weighted by Gasteiger charge is 2.10. The van der Waals surface area contributed by atoms with E-state index < -0.39 is 0 Å². The van der Waals surface area contributed by atoms with Crippen molar-refractivity contribution < 1.29 is 0 Å². The summed E-state index contributed by atoms with van der Waals surface area (Å²) >= 11 is 0. The van der Waals surface area contributed by atoms with E-state index in [0.717, 1.165) is 24.4 Å². The van der Waals surface area contributed by atoms with Gasteiger partial charge < -0.3 is 10.1 Å². The summed E-state index contributed by atoms with van der Waals surface area (Å²) in [6, 6.07) is 4.16. The zero-order chi connectivity index (χ0) is 10.8. The molecule has 0 aliphatic carbocycles. The van der Waals surface area contributed by atoms with Gasteiger partial charge in [-0.25, -0.2) is 4.98 Å². The number of pyridine rings is 1. The number of hydrogen-bond acceptors (Lipinski definition) is 2. The Morgan fingerprint density at radius 1 is 1.47 bits per heavy atom. The van der Waals surface area contributed by atoms with E-state index in [0.29, 0.717) is 6.54 Å². The van der Waals surface area contributed by atoms with Crippen LogP contribution in [0, 0.1) is 6.92 Å². The second-order valence-corrected chi connectivity index (χ2v) is 3.84. The molecule has 3 heteroatoms. The Bertz CT molecular complexity index is 471. The van der Waals surface area contributed by atoms with E-state index in [1.807, 2.05) is 0 Å². The molecule has 0 radical (unpaired) electrons. The van der Waals surface area contributed by atoms with Gasteiger partial charge in [0.05, 0.1) is 11.2 Å². The monoisotopic (exact) mass is 203 g/mol. The maximum Gasteiger partial charge on any atom is 0.113 e. The zero-order valence-corrected chi connectivity index (χ0v) is 9.33. The summed E-state index contributed by atoms with van der Waals surface area (Å²) in [6.07, 6.45) is 4.18. The third-order valence-electron chi connectivity index (χ3n) is 2.68. The predicted octanol–water partition coefficient (Wildman–Crippen LogP) is 2.05. The SMILES string of the molecule is CCCc1nc(CN)c2c(C)cccn12. The van der Waals surface area contributed by atoms with Crippen molar-refractivity contribution in [3.05, 3.63) is 35.4 Å². The molecule has 2 N–H and O–H groups in total. The Morgan fingerprint density at radius 3 is 2.93 bits per heavy atom. The molecule has 0 saturated carbocycles. The van der Waals surface area contributed by atoms with Crippen molar-refractivity contribution in [2.45, 2.75) is 33.2 Å². The maximum absolute atomic E-state index is 5.72. The van der Waals surface area contributed by atoms with E-state index in [2.05, 4.69) is 41.6 Å². The molecular weight excluding hydrogens is 186 g/mol. The molecule has 0 aliphatic rings. The van der Waals surface area contributed by atoms with E-state index in [1.54, 1.807) is 0 Å². The molecule has 0 amide bonds. The van der Waals surface area contributed by atoms with Crippen LogP contribution in [0.1, 0.15) is 30.4 Å². The van der Waals surface area contributed by atoms with E-state index >= 15 is 0 Å². The van der Waals surface area contributed by atoms with Crippen molar-refractivity contribution in [1.82, 2.24) is 9.38 Å². The van der Waals surface area contributed by atoms with Gasteiger partial charge in [0.15, 0.2) is 0 Å². The third-order valence-corrected chi connectivity index (χ3v) is 2.68. The molecule has 15 heavy (non-hydrogen) atoms. The van der Waals surface area contributed by atoms with Crippen molar-refractivity contribution >= 4 is 5.52 Å². The average Bonchev–Trinajstić information content (AvgIpc) is 2.59. The first-order valence-electron chi connectivity index (χ1n) is 5.43. The number of nitrogens with zero attached hydrogens (tertiary/aromatic N) is 2. The van der Waals surface area contributed by atoms with Crippen LogP contribution in [-0.2, 0) is 13.0 Å². The minimum Gasteiger partial charge on any atom is -0.325 e. The molecular formula is C12H17N3. The van der Waals surface area contributed by atoms with Crippen molar-refractivity contribution in [3.8, 4) is 0 Å². The number of nitrogens with two attached hydrogens (primary N) is 1. The van der Waals surface area contributed by atoms with Gasteiger partial charge in [0.25, 0.3) is 0 Å². The first-order valence-corrected chi connectivity index (χ1v) is 5.43. The lowest BCUT2D eigenvalue weighted by Gasteiger charge is -2.01. The zero-order valence-electron chi connectivity index (χ0n) is 9.33. The van der Waals surface area contributed by atoms with Crippen LogP contribution in [0.4, 0.5) is 0 Å². The molecule has 0 unspecified atom stereocenters. The molecule has 2 rings (SSSR count). The molecule has 2 aromatic heterocycles. The molecule has 3 nitrogen and oxygen atoms in total. The standard InChI is InChI=1S/C12H17N3/c1-3-5-11-14-10(8-13)12-9(2)6-4-7-15(11)12/h4,6-7H,3,5,8,13H2,1-2H3. The summed E-state index contributed by atoms with van der Waals surface area (Å²) in [4.78, 5) is 4.60. The van der Waals surface area contributed by atoms with Gasteiger partial charge in [0.2, 0.25) is 0 Å². The first kappa shape index (κ1) is 10.2. The minimum atomic E-state index is 0.512. The highest BCUT2D eigenvalue weighted by Crippen LogP contribution is 2.17. The van der Waals surface area contributed by atoms with Crippen LogP contribution < -0.4 is 5.73 Å². The molecule has 0 bridgehead atoms. The van der Waals surface area contributed by atoms with E-state index in [4.69, 9.17) is 5.73 Å². The van der Waals surface area contributed by atoms with Gasteiger partial charge in [-0.2, -0.15) is 0 Å². The summed E-state index contributed by atoms with van der Waals surface area (Å²) in [5.74, 6) is 1.12. The maximum atomic E-state index is 5.72. The number of hydrogen-bond donors (Lipinski definition) is 1. The van der Waals surface area contributed by atoms with Crippen LogP contribution in [-0.4, -0.2) is 9.38 Å². The second kappa shape index (κ2) is 4.03. The Labute approximate surface area is 89.9 Å². The average molecular weight is 203 g/mol. The Kier molecular flexibility index (Phi) is 2.73. The number of rotatable bonds is 3. The highest BCUT2D eigenvalue weighted by atomic mass is 15.0. The number of aromatic nitrogens is 2. The van der Waals surface area contributed by atoms with Gasteiger partial charge in [0, 0.05) is 19.2 Å². The number of imidazole rings is 1. The number of fused-ring (bicyclic) bond motifs is 1. The third kappa shape index (κ3) is 1.63. The van der Waals surface area contributed by atoms with Crippen LogP contribution in [0.2, 0.25) is 0 Å². The largest absolute Gasteiger partial charge is 0.325 e. The van der Waals surface area contributed by atoms with E-state index in [9.17, 15) is 0 Å². The summed E-state index contributed by atoms with van der Waals surface area (Å²) in [6.45, 7) is 4.78.